The summed E-state index contributed by atoms with van der Waals surface area (Å²) in [4.78, 5) is 15.0. The standard InChI is InChI=1S/C20H23N3O2S/c1-25-14-18-7-2-3-9-23(18)13-15-5-4-6-16(11-15)19(24)22-20-17(12-21)8-10-26-20/h4-6,8,10-11,18H,2-3,7,9,13-14H2,1H3,(H,22,24)/t18-/m1/s1. The molecule has 1 atom stereocenters. The Hall–Kier alpha value is -2.20. The van der Waals surface area contributed by atoms with Gasteiger partial charge in [-0.15, -0.1) is 11.3 Å². The predicted octanol–water partition coefficient (Wildman–Crippen LogP) is 3.87. The van der Waals surface area contributed by atoms with Gasteiger partial charge in [-0.2, -0.15) is 5.26 Å². The van der Waals surface area contributed by atoms with Gasteiger partial charge in [-0.25, -0.2) is 0 Å². The number of ether oxygens (including phenoxy) is 1. The molecule has 1 fully saturated rings. The van der Waals surface area contributed by atoms with Gasteiger partial charge in [-0.3, -0.25) is 9.69 Å². The number of likely N-dealkylation sites (tertiary alicyclic amines) is 1. The number of piperidine rings is 1. The average molecular weight is 369 g/mol. The van der Waals surface area contributed by atoms with Gasteiger partial charge >= 0.3 is 0 Å². The SMILES string of the molecule is COC[C@H]1CCCCN1Cc1cccc(C(=O)Nc2sccc2C#N)c1. The minimum atomic E-state index is -0.183. The fourth-order valence-electron chi connectivity index (χ4n) is 3.36. The Kier molecular flexibility index (Phi) is 6.40. The Morgan fingerprint density at radius 3 is 3.12 bits per heavy atom. The van der Waals surface area contributed by atoms with Crippen molar-refractivity contribution in [3.8, 4) is 6.07 Å². The highest BCUT2D eigenvalue weighted by Crippen LogP contribution is 2.24. The summed E-state index contributed by atoms with van der Waals surface area (Å²) in [5.74, 6) is -0.183. The summed E-state index contributed by atoms with van der Waals surface area (Å²) < 4.78 is 5.36. The molecule has 1 aliphatic heterocycles. The summed E-state index contributed by atoms with van der Waals surface area (Å²) in [6.07, 6.45) is 3.61. The Bertz CT molecular complexity index is 794. The van der Waals surface area contributed by atoms with Crippen molar-refractivity contribution in [1.29, 1.82) is 5.26 Å². The maximum atomic E-state index is 12.5. The zero-order valence-electron chi connectivity index (χ0n) is 14.9. The first-order chi connectivity index (χ1) is 12.7. The fourth-order valence-corrected chi connectivity index (χ4v) is 4.10. The first kappa shape index (κ1) is 18.6. The van der Waals surface area contributed by atoms with Gasteiger partial charge < -0.3 is 10.1 Å². The van der Waals surface area contributed by atoms with Crippen molar-refractivity contribution >= 4 is 22.2 Å². The van der Waals surface area contributed by atoms with Gasteiger partial charge in [0.15, 0.2) is 0 Å². The quantitative estimate of drug-likeness (QED) is 0.839. The average Bonchev–Trinajstić information content (AvgIpc) is 3.11. The molecule has 2 heterocycles. The number of benzene rings is 1. The number of thiophene rings is 1. The molecule has 0 aliphatic carbocycles. The smallest absolute Gasteiger partial charge is 0.256 e. The molecule has 136 valence electrons. The minimum Gasteiger partial charge on any atom is -0.383 e. The molecule has 1 amide bonds. The van der Waals surface area contributed by atoms with E-state index < -0.39 is 0 Å². The number of nitrogens with zero attached hydrogens (tertiary/aromatic N) is 2. The van der Waals surface area contributed by atoms with E-state index in [4.69, 9.17) is 10.00 Å². The van der Waals surface area contributed by atoms with Crippen molar-refractivity contribution in [1.82, 2.24) is 4.90 Å². The van der Waals surface area contributed by atoms with Gasteiger partial charge in [0.05, 0.1) is 12.2 Å². The van der Waals surface area contributed by atoms with Crippen LogP contribution in [0.15, 0.2) is 35.7 Å². The van der Waals surface area contributed by atoms with Crippen LogP contribution in [0.5, 0.6) is 0 Å². The molecule has 1 saturated heterocycles. The normalized spacial score (nSPS) is 17.6. The Morgan fingerprint density at radius 2 is 2.31 bits per heavy atom. The van der Waals surface area contributed by atoms with Crippen LogP contribution in [-0.4, -0.2) is 37.1 Å². The third-order valence-corrected chi connectivity index (χ3v) is 5.53. The number of carbonyl (C=O) groups is 1. The molecule has 5 nitrogen and oxygen atoms in total. The van der Waals surface area contributed by atoms with Crippen molar-refractivity contribution in [2.24, 2.45) is 0 Å². The maximum Gasteiger partial charge on any atom is 0.256 e. The highest BCUT2D eigenvalue weighted by molar-refractivity contribution is 7.14. The first-order valence-corrected chi connectivity index (χ1v) is 9.70. The molecule has 2 aromatic rings. The Morgan fingerprint density at radius 1 is 1.42 bits per heavy atom. The molecular weight excluding hydrogens is 346 g/mol. The summed E-state index contributed by atoms with van der Waals surface area (Å²) in [5.41, 5.74) is 2.22. The Labute approximate surface area is 158 Å². The van der Waals surface area contributed by atoms with Crippen LogP contribution >= 0.6 is 11.3 Å². The van der Waals surface area contributed by atoms with Crippen LogP contribution < -0.4 is 5.32 Å². The third kappa shape index (κ3) is 4.50. The van der Waals surface area contributed by atoms with Crippen LogP contribution in [0.3, 0.4) is 0 Å². The van der Waals surface area contributed by atoms with Gasteiger partial charge in [-0.1, -0.05) is 18.6 Å². The lowest BCUT2D eigenvalue weighted by atomic mass is 10.0. The molecule has 3 rings (SSSR count). The maximum absolute atomic E-state index is 12.5. The minimum absolute atomic E-state index is 0.183. The van der Waals surface area contributed by atoms with Gasteiger partial charge in [-0.05, 0) is 48.5 Å². The van der Waals surface area contributed by atoms with E-state index in [1.54, 1.807) is 24.6 Å². The number of rotatable bonds is 6. The van der Waals surface area contributed by atoms with E-state index in [9.17, 15) is 4.79 Å². The topological polar surface area (TPSA) is 65.4 Å². The molecule has 0 bridgehead atoms. The zero-order valence-corrected chi connectivity index (χ0v) is 15.7. The second kappa shape index (κ2) is 8.95. The van der Waals surface area contributed by atoms with E-state index in [0.29, 0.717) is 22.2 Å². The van der Waals surface area contributed by atoms with E-state index in [-0.39, 0.29) is 5.91 Å². The lowest BCUT2D eigenvalue weighted by Crippen LogP contribution is -2.41. The second-order valence-corrected chi connectivity index (χ2v) is 7.42. The van der Waals surface area contributed by atoms with Crippen molar-refractivity contribution in [2.45, 2.75) is 31.8 Å². The highest BCUT2D eigenvalue weighted by Gasteiger charge is 2.22. The van der Waals surface area contributed by atoms with Crippen molar-refractivity contribution < 1.29 is 9.53 Å². The number of nitrogens with one attached hydrogen (secondary N) is 1. The molecule has 1 aromatic carbocycles. The van der Waals surface area contributed by atoms with Crippen molar-refractivity contribution in [3.05, 3.63) is 52.4 Å². The van der Waals surface area contributed by atoms with Crippen LogP contribution in [-0.2, 0) is 11.3 Å². The number of methoxy groups -OCH3 is 1. The molecule has 1 N–H and O–H groups in total. The summed E-state index contributed by atoms with van der Waals surface area (Å²) in [7, 11) is 1.75. The van der Waals surface area contributed by atoms with Crippen LogP contribution in [0.1, 0.15) is 40.7 Å². The van der Waals surface area contributed by atoms with E-state index in [1.807, 2.05) is 12.1 Å². The molecular formula is C20H23N3O2S. The molecule has 0 radical (unpaired) electrons. The predicted molar refractivity (Wildman–Crippen MR) is 103 cm³/mol. The number of amides is 1. The number of hydrogen-bond donors (Lipinski definition) is 1. The van der Waals surface area contributed by atoms with Gasteiger partial charge in [0.1, 0.15) is 11.1 Å². The number of carbonyl (C=O) groups excluding carboxylic acids is 1. The lowest BCUT2D eigenvalue weighted by molar-refractivity contribution is 0.0600. The Balaban J connectivity index is 1.69. The van der Waals surface area contributed by atoms with E-state index in [0.717, 1.165) is 31.7 Å². The largest absolute Gasteiger partial charge is 0.383 e. The van der Waals surface area contributed by atoms with Crippen LogP contribution in [0.2, 0.25) is 0 Å². The summed E-state index contributed by atoms with van der Waals surface area (Å²) in [6, 6.07) is 12.0. The number of anilines is 1. The fraction of sp³-hybridized carbons (Fsp3) is 0.400. The summed E-state index contributed by atoms with van der Waals surface area (Å²) in [5, 5.41) is 14.3. The zero-order chi connectivity index (χ0) is 18.4. The molecule has 0 unspecified atom stereocenters. The van der Waals surface area contributed by atoms with Crippen LogP contribution in [0.25, 0.3) is 0 Å². The molecule has 0 spiro atoms. The monoisotopic (exact) mass is 369 g/mol. The van der Waals surface area contributed by atoms with Crippen molar-refractivity contribution in [2.75, 3.05) is 25.6 Å². The molecule has 1 aliphatic rings. The first-order valence-electron chi connectivity index (χ1n) is 8.82. The highest BCUT2D eigenvalue weighted by atomic mass is 32.1. The summed E-state index contributed by atoms with van der Waals surface area (Å²) in [6.45, 7) is 2.62. The van der Waals surface area contributed by atoms with Gasteiger partial charge in [0, 0.05) is 25.3 Å². The molecule has 1 aromatic heterocycles. The molecule has 0 saturated carbocycles. The molecule has 26 heavy (non-hydrogen) atoms. The third-order valence-electron chi connectivity index (χ3n) is 4.70. The van der Waals surface area contributed by atoms with E-state index in [2.05, 4.69) is 22.4 Å². The second-order valence-electron chi connectivity index (χ2n) is 6.51. The van der Waals surface area contributed by atoms with Gasteiger partial charge in [0.2, 0.25) is 0 Å². The molecule has 6 heteroatoms. The van der Waals surface area contributed by atoms with E-state index in [1.165, 1.54) is 24.2 Å². The lowest BCUT2D eigenvalue weighted by Gasteiger charge is -2.35. The van der Waals surface area contributed by atoms with Crippen LogP contribution in [0.4, 0.5) is 5.00 Å². The van der Waals surface area contributed by atoms with Crippen molar-refractivity contribution in [3.63, 3.8) is 0 Å². The van der Waals surface area contributed by atoms with Gasteiger partial charge in [0.25, 0.3) is 5.91 Å². The van der Waals surface area contributed by atoms with Crippen LogP contribution in [0, 0.1) is 11.3 Å². The summed E-state index contributed by atoms with van der Waals surface area (Å²) >= 11 is 1.36. The number of nitriles is 1. The number of hydrogen-bond acceptors (Lipinski definition) is 5. The van der Waals surface area contributed by atoms with E-state index >= 15 is 0 Å².